The van der Waals surface area contributed by atoms with Gasteiger partial charge in [-0.15, -0.1) is 0 Å². The maximum absolute atomic E-state index is 2.36. The smallest absolute Gasteiger partial charge is 0.0480 e. The molecule has 1 aromatic carbocycles. The first-order valence-electron chi connectivity index (χ1n) is 6.90. The summed E-state index contributed by atoms with van der Waals surface area (Å²) in [7, 11) is 2.17. The van der Waals surface area contributed by atoms with E-state index in [1.54, 1.807) is 5.56 Å². The van der Waals surface area contributed by atoms with Gasteiger partial charge in [-0.1, -0.05) is 43.9 Å². The summed E-state index contributed by atoms with van der Waals surface area (Å²) in [5.74, 6) is 0.795. The van der Waals surface area contributed by atoms with E-state index in [-0.39, 0.29) is 0 Å². The molecule has 0 aliphatic heterocycles. The molecule has 0 atom stereocenters. The summed E-state index contributed by atoms with van der Waals surface area (Å²) >= 11 is 0. The topological polar surface area (TPSA) is 4.93 Å². The second-order valence-corrected chi connectivity index (χ2v) is 5.40. The fraction of sp³-hybridized carbons (Fsp3) is 0.500. The van der Waals surface area contributed by atoms with Crippen molar-refractivity contribution in [3.05, 3.63) is 36.0 Å². The van der Waals surface area contributed by atoms with E-state index in [1.807, 2.05) is 0 Å². The highest BCUT2D eigenvalue weighted by Gasteiger charge is 2.18. The Morgan fingerprint density at radius 2 is 1.71 bits per heavy atom. The van der Waals surface area contributed by atoms with Crippen molar-refractivity contribution in [3.8, 4) is 0 Å². The van der Waals surface area contributed by atoms with Gasteiger partial charge in [0.2, 0.25) is 0 Å². The lowest BCUT2D eigenvalue weighted by molar-refractivity contribution is 0.594. The molecule has 2 aromatic rings. The minimum Gasteiger partial charge on any atom is -0.350 e. The molecule has 1 nitrogen and oxygen atoms in total. The van der Waals surface area contributed by atoms with E-state index in [4.69, 9.17) is 0 Å². The van der Waals surface area contributed by atoms with Crippen LogP contribution < -0.4 is 0 Å². The van der Waals surface area contributed by atoms with Crippen LogP contribution in [0.25, 0.3) is 10.9 Å². The van der Waals surface area contributed by atoms with Crippen LogP contribution in [0.15, 0.2) is 30.5 Å². The van der Waals surface area contributed by atoms with E-state index in [2.05, 4.69) is 42.1 Å². The molecule has 0 saturated heterocycles. The normalized spacial score (nSPS) is 18.4. The Morgan fingerprint density at radius 3 is 2.47 bits per heavy atom. The van der Waals surface area contributed by atoms with Crippen LogP contribution in [0.1, 0.15) is 50.0 Å². The third kappa shape index (κ3) is 1.99. The van der Waals surface area contributed by atoms with E-state index < -0.39 is 0 Å². The van der Waals surface area contributed by atoms with Crippen LogP contribution in [0.5, 0.6) is 0 Å². The summed E-state index contributed by atoms with van der Waals surface area (Å²) in [4.78, 5) is 0. The van der Waals surface area contributed by atoms with Crippen molar-refractivity contribution in [1.82, 2.24) is 4.57 Å². The molecule has 0 spiro atoms. The van der Waals surface area contributed by atoms with Crippen molar-refractivity contribution in [3.63, 3.8) is 0 Å². The molecule has 0 unspecified atom stereocenters. The number of hydrogen-bond donors (Lipinski definition) is 0. The van der Waals surface area contributed by atoms with Gasteiger partial charge in [-0.3, -0.25) is 0 Å². The summed E-state index contributed by atoms with van der Waals surface area (Å²) in [5, 5.41) is 1.47. The van der Waals surface area contributed by atoms with Gasteiger partial charge in [0.1, 0.15) is 0 Å². The van der Waals surface area contributed by atoms with Gasteiger partial charge < -0.3 is 4.57 Å². The quantitative estimate of drug-likeness (QED) is 0.627. The number of nitrogens with zero attached hydrogens (tertiary/aromatic N) is 1. The highest BCUT2D eigenvalue weighted by atomic mass is 14.9. The van der Waals surface area contributed by atoms with Crippen molar-refractivity contribution < 1.29 is 0 Å². The molecule has 1 heteroatoms. The van der Waals surface area contributed by atoms with Crippen LogP contribution in [0.2, 0.25) is 0 Å². The largest absolute Gasteiger partial charge is 0.350 e. The number of aryl methyl sites for hydroxylation is 1. The second-order valence-electron chi connectivity index (χ2n) is 5.40. The van der Waals surface area contributed by atoms with Crippen LogP contribution >= 0.6 is 0 Å². The van der Waals surface area contributed by atoms with Crippen LogP contribution in [0, 0.1) is 0 Å². The zero-order valence-electron chi connectivity index (χ0n) is 10.7. The zero-order chi connectivity index (χ0) is 11.7. The highest BCUT2D eigenvalue weighted by molar-refractivity contribution is 5.84. The summed E-state index contributed by atoms with van der Waals surface area (Å²) < 4.78 is 2.29. The predicted octanol–water partition coefficient (Wildman–Crippen LogP) is 4.62. The van der Waals surface area contributed by atoms with E-state index >= 15 is 0 Å². The lowest BCUT2D eigenvalue weighted by atomic mass is 9.91. The van der Waals surface area contributed by atoms with Crippen molar-refractivity contribution in [2.45, 2.75) is 44.4 Å². The van der Waals surface area contributed by atoms with Gasteiger partial charge >= 0.3 is 0 Å². The first-order chi connectivity index (χ1) is 8.36. The highest BCUT2D eigenvalue weighted by Crippen LogP contribution is 2.36. The second kappa shape index (κ2) is 4.56. The van der Waals surface area contributed by atoms with Gasteiger partial charge in [0.25, 0.3) is 0 Å². The first-order valence-corrected chi connectivity index (χ1v) is 6.90. The van der Waals surface area contributed by atoms with E-state index in [0.29, 0.717) is 0 Å². The Kier molecular flexibility index (Phi) is 2.92. The molecule has 17 heavy (non-hydrogen) atoms. The molecule has 3 rings (SSSR count). The monoisotopic (exact) mass is 227 g/mol. The number of benzene rings is 1. The lowest BCUT2D eigenvalue weighted by Crippen LogP contribution is -1.96. The Labute approximate surface area is 103 Å². The molecular formula is C16H21N. The van der Waals surface area contributed by atoms with Gasteiger partial charge in [0.15, 0.2) is 0 Å². The standard InChI is InChI=1S/C16H21N/c1-17-12-15(13-8-4-2-3-5-9-13)14-10-6-7-11-16(14)17/h6-7,10-13H,2-5,8-9H2,1H3. The van der Waals surface area contributed by atoms with Crippen molar-refractivity contribution in [1.29, 1.82) is 0 Å². The maximum atomic E-state index is 2.36. The molecule has 0 radical (unpaired) electrons. The van der Waals surface area contributed by atoms with Crippen molar-refractivity contribution >= 4 is 10.9 Å². The maximum Gasteiger partial charge on any atom is 0.0480 e. The average Bonchev–Trinajstić information content (AvgIpc) is 2.57. The molecule has 1 aliphatic rings. The predicted molar refractivity (Wildman–Crippen MR) is 73.4 cm³/mol. The first kappa shape index (κ1) is 10.9. The van der Waals surface area contributed by atoms with Gasteiger partial charge in [0.05, 0.1) is 0 Å². The molecule has 1 aliphatic carbocycles. The SMILES string of the molecule is Cn1cc(C2CCCCCC2)c2ccccc21. The third-order valence-corrected chi connectivity index (χ3v) is 4.22. The zero-order valence-corrected chi connectivity index (χ0v) is 10.7. The number of aromatic nitrogens is 1. The van der Waals surface area contributed by atoms with E-state index in [1.165, 1.54) is 49.4 Å². The van der Waals surface area contributed by atoms with Crippen LogP contribution in [-0.4, -0.2) is 4.57 Å². The van der Waals surface area contributed by atoms with Crippen LogP contribution in [-0.2, 0) is 7.05 Å². The van der Waals surface area contributed by atoms with Crippen molar-refractivity contribution in [2.75, 3.05) is 0 Å². The molecule has 1 fully saturated rings. The molecule has 1 aromatic heterocycles. The lowest BCUT2D eigenvalue weighted by Gasteiger charge is -2.12. The van der Waals surface area contributed by atoms with Gasteiger partial charge in [-0.2, -0.15) is 0 Å². The minimum absolute atomic E-state index is 0.795. The summed E-state index contributed by atoms with van der Waals surface area (Å²) in [6.45, 7) is 0. The average molecular weight is 227 g/mol. The van der Waals surface area contributed by atoms with E-state index in [0.717, 1.165) is 5.92 Å². The molecular weight excluding hydrogens is 206 g/mol. The van der Waals surface area contributed by atoms with Gasteiger partial charge in [0, 0.05) is 24.1 Å². The molecule has 0 bridgehead atoms. The Bertz CT molecular complexity index is 501. The Hall–Kier alpha value is -1.24. The fourth-order valence-corrected chi connectivity index (χ4v) is 3.29. The molecule has 0 N–H and O–H groups in total. The number of para-hydroxylation sites is 1. The Morgan fingerprint density at radius 1 is 1.00 bits per heavy atom. The molecule has 1 saturated carbocycles. The summed E-state index contributed by atoms with van der Waals surface area (Å²) in [5.41, 5.74) is 2.97. The molecule has 0 amide bonds. The molecule has 1 heterocycles. The van der Waals surface area contributed by atoms with Crippen LogP contribution in [0.4, 0.5) is 0 Å². The fourth-order valence-electron chi connectivity index (χ4n) is 3.29. The summed E-state index contributed by atoms with van der Waals surface area (Å²) in [6, 6.07) is 8.83. The van der Waals surface area contributed by atoms with Gasteiger partial charge in [-0.25, -0.2) is 0 Å². The third-order valence-electron chi connectivity index (χ3n) is 4.22. The number of hydrogen-bond acceptors (Lipinski definition) is 0. The summed E-state index contributed by atoms with van der Waals surface area (Å²) in [6.07, 6.45) is 10.8. The number of fused-ring (bicyclic) bond motifs is 1. The Balaban J connectivity index is 2.04. The van der Waals surface area contributed by atoms with Gasteiger partial charge in [-0.05, 0) is 30.4 Å². The molecule has 90 valence electrons. The van der Waals surface area contributed by atoms with Crippen LogP contribution in [0.3, 0.4) is 0 Å². The van der Waals surface area contributed by atoms with E-state index in [9.17, 15) is 0 Å². The van der Waals surface area contributed by atoms with Crippen molar-refractivity contribution in [2.24, 2.45) is 7.05 Å². The number of rotatable bonds is 1. The minimum atomic E-state index is 0.795.